The fraction of sp³-hybridized carbons (Fsp3) is 0.385. The monoisotopic (exact) mass is 357 g/mol. The lowest BCUT2D eigenvalue weighted by molar-refractivity contribution is 0.677. The molecule has 2 aromatic rings. The van der Waals surface area contributed by atoms with Crippen molar-refractivity contribution in [3.63, 3.8) is 0 Å². The van der Waals surface area contributed by atoms with Gasteiger partial charge in [-0.2, -0.15) is 0 Å². The highest BCUT2D eigenvalue weighted by Gasteiger charge is 2.20. The van der Waals surface area contributed by atoms with Gasteiger partial charge in [0.25, 0.3) is 0 Å². The van der Waals surface area contributed by atoms with Gasteiger partial charge in [-0.25, -0.2) is 0 Å². The molecule has 0 bridgehead atoms. The minimum Gasteiger partial charge on any atom is -0.314 e. The second kappa shape index (κ2) is 5.87. The summed E-state index contributed by atoms with van der Waals surface area (Å²) in [5.41, 5.74) is 0.940. The molecular formula is C13H13BrClN3S. The van der Waals surface area contributed by atoms with Gasteiger partial charge in [0.1, 0.15) is 10.0 Å². The van der Waals surface area contributed by atoms with Crippen molar-refractivity contribution in [3.8, 4) is 10.6 Å². The molecule has 0 spiro atoms. The van der Waals surface area contributed by atoms with E-state index in [1.165, 1.54) is 12.8 Å². The average molecular weight is 359 g/mol. The first kappa shape index (κ1) is 13.5. The molecule has 3 nitrogen and oxygen atoms in total. The van der Waals surface area contributed by atoms with Gasteiger partial charge in [0.15, 0.2) is 0 Å². The van der Waals surface area contributed by atoms with E-state index in [1.54, 1.807) is 11.3 Å². The van der Waals surface area contributed by atoms with Gasteiger partial charge in [0.05, 0.1) is 5.02 Å². The topological polar surface area (TPSA) is 37.8 Å². The Morgan fingerprint density at radius 1 is 1.37 bits per heavy atom. The number of rotatable bonds is 5. The van der Waals surface area contributed by atoms with Crippen molar-refractivity contribution >= 4 is 38.9 Å². The van der Waals surface area contributed by atoms with Crippen LogP contribution >= 0.6 is 38.9 Å². The molecule has 1 aliphatic rings. The van der Waals surface area contributed by atoms with Crippen LogP contribution in [0.25, 0.3) is 10.6 Å². The molecule has 0 atom stereocenters. The van der Waals surface area contributed by atoms with Crippen LogP contribution in [-0.2, 0) is 6.42 Å². The van der Waals surface area contributed by atoms with Crippen molar-refractivity contribution in [2.75, 3.05) is 6.54 Å². The van der Waals surface area contributed by atoms with Gasteiger partial charge in [0.2, 0.25) is 0 Å². The number of hydrogen-bond acceptors (Lipinski definition) is 4. The van der Waals surface area contributed by atoms with Crippen LogP contribution < -0.4 is 5.32 Å². The molecule has 0 unspecified atom stereocenters. The lowest BCUT2D eigenvalue weighted by Crippen LogP contribution is -2.19. The molecule has 1 N–H and O–H groups in total. The van der Waals surface area contributed by atoms with E-state index in [2.05, 4.69) is 31.4 Å². The third-order valence-electron chi connectivity index (χ3n) is 3.00. The molecular weight excluding hydrogens is 346 g/mol. The predicted molar refractivity (Wildman–Crippen MR) is 82.8 cm³/mol. The van der Waals surface area contributed by atoms with Crippen molar-refractivity contribution in [2.24, 2.45) is 0 Å². The lowest BCUT2D eigenvalue weighted by Gasteiger charge is -2.01. The first-order chi connectivity index (χ1) is 9.24. The average Bonchev–Trinajstić information content (AvgIpc) is 3.10. The summed E-state index contributed by atoms with van der Waals surface area (Å²) in [5.74, 6) is 0. The third-order valence-corrected chi connectivity index (χ3v) is 5.31. The molecule has 1 saturated carbocycles. The molecule has 100 valence electrons. The van der Waals surface area contributed by atoms with E-state index < -0.39 is 0 Å². The number of nitrogens with one attached hydrogen (secondary N) is 1. The second-order valence-corrected chi connectivity index (χ2v) is 6.88. The van der Waals surface area contributed by atoms with E-state index in [4.69, 9.17) is 11.6 Å². The Kier molecular flexibility index (Phi) is 4.17. The number of hydrogen-bond donors (Lipinski definition) is 1. The summed E-state index contributed by atoms with van der Waals surface area (Å²) in [7, 11) is 0. The molecule has 19 heavy (non-hydrogen) atoms. The Morgan fingerprint density at radius 2 is 2.21 bits per heavy atom. The van der Waals surface area contributed by atoms with Crippen molar-refractivity contribution in [3.05, 3.63) is 32.7 Å². The molecule has 0 radical (unpaired) electrons. The van der Waals surface area contributed by atoms with E-state index in [-0.39, 0.29) is 0 Å². The molecule has 0 saturated heterocycles. The zero-order chi connectivity index (χ0) is 13.2. The molecule has 1 heterocycles. The van der Waals surface area contributed by atoms with Crippen LogP contribution in [0, 0.1) is 0 Å². The normalized spacial score (nSPS) is 14.8. The Balaban J connectivity index is 1.70. The summed E-state index contributed by atoms with van der Waals surface area (Å²) < 4.78 is 0.888. The summed E-state index contributed by atoms with van der Waals surface area (Å²) in [4.78, 5) is 0. The maximum Gasteiger partial charge on any atom is 0.149 e. The van der Waals surface area contributed by atoms with Gasteiger partial charge < -0.3 is 5.32 Å². The lowest BCUT2D eigenvalue weighted by atomic mass is 10.2. The van der Waals surface area contributed by atoms with E-state index in [1.807, 2.05) is 18.2 Å². The molecule has 6 heteroatoms. The van der Waals surface area contributed by atoms with Gasteiger partial charge in [-0.3, -0.25) is 0 Å². The summed E-state index contributed by atoms with van der Waals surface area (Å²) in [5, 5.41) is 14.6. The van der Waals surface area contributed by atoms with Crippen LogP contribution in [0.4, 0.5) is 0 Å². The standard InChI is InChI=1S/C13H13BrClN3S/c14-10-3-1-2-9(12(10)15)13-18-17-11(19-13)6-7-16-8-4-5-8/h1-3,8,16H,4-7H2. The zero-order valence-corrected chi connectivity index (χ0v) is 13.4. The largest absolute Gasteiger partial charge is 0.314 e. The van der Waals surface area contributed by atoms with Gasteiger partial charge in [-0.05, 0) is 34.8 Å². The third kappa shape index (κ3) is 3.34. The van der Waals surface area contributed by atoms with E-state index in [0.29, 0.717) is 5.02 Å². The van der Waals surface area contributed by atoms with Crippen LogP contribution in [0.5, 0.6) is 0 Å². The van der Waals surface area contributed by atoms with Crippen molar-refractivity contribution in [1.82, 2.24) is 15.5 Å². The van der Waals surface area contributed by atoms with E-state index in [9.17, 15) is 0 Å². The summed E-state index contributed by atoms with van der Waals surface area (Å²) in [6.07, 6.45) is 3.56. The first-order valence-corrected chi connectivity index (χ1v) is 8.23. The molecule has 3 rings (SSSR count). The van der Waals surface area contributed by atoms with Crippen LogP contribution in [0.2, 0.25) is 5.02 Å². The van der Waals surface area contributed by atoms with Crippen LogP contribution in [0.1, 0.15) is 17.8 Å². The Morgan fingerprint density at radius 3 is 3.00 bits per heavy atom. The van der Waals surface area contributed by atoms with Gasteiger partial charge in [0, 0.05) is 29.0 Å². The molecule has 0 aliphatic heterocycles. The Bertz CT molecular complexity index is 583. The zero-order valence-electron chi connectivity index (χ0n) is 10.2. The molecule has 1 aromatic carbocycles. The molecule has 1 aliphatic carbocycles. The number of nitrogens with zero attached hydrogens (tertiary/aromatic N) is 2. The molecule has 1 fully saturated rings. The maximum absolute atomic E-state index is 6.27. The van der Waals surface area contributed by atoms with Gasteiger partial charge >= 0.3 is 0 Å². The fourth-order valence-electron chi connectivity index (χ4n) is 1.80. The summed E-state index contributed by atoms with van der Waals surface area (Å²) in [6, 6.07) is 6.60. The second-order valence-electron chi connectivity index (χ2n) is 4.58. The SMILES string of the molecule is Clc1c(Br)cccc1-c1nnc(CCNC2CC2)s1. The van der Waals surface area contributed by atoms with E-state index >= 15 is 0 Å². The smallest absolute Gasteiger partial charge is 0.149 e. The number of halogens is 2. The fourth-order valence-corrected chi connectivity index (χ4v) is 3.31. The quantitative estimate of drug-likeness (QED) is 0.880. The summed E-state index contributed by atoms with van der Waals surface area (Å²) >= 11 is 11.3. The van der Waals surface area contributed by atoms with Gasteiger partial charge in [-0.1, -0.05) is 35.1 Å². The molecule has 0 amide bonds. The van der Waals surface area contributed by atoms with E-state index in [0.717, 1.165) is 39.1 Å². The highest BCUT2D eigenvalue weighted by molar-refractivity contribution is 9.10. The predicted octanol–water partition coefficient (Wildman–Crippen LogP) is 3.92. The Labute approximate surface area is 129 Å². The van der Waals surface area contributed by atoms with Crippen LogP contribution in [0.3, 0.4) is 0 Å². The first-order valence-electron chi connectivity index (χ1n) is 6.24. The van der Waals surface area contributed by atoms with Gasteiger partial charge in [-0.15, -0.1) is 10.2 Å². The van der Waals surface area contributed by atoms with Crippen LogP contribution in [-0.4, -0.2) is 22.8 Å². The maximum atomic E-state index is 6.27. The number of benzene rings is 1. The highest BCUT2D eigenvalue weighted by Crippen LogP contribution is 2.35. The van der Waals surface area contributed by atoms with Crippen molar-refractivity contribution < 1.29 is 0 Å². The van der Waals surface area contributed by atoms with Crippen molar-refractivity contribution in [2.45, 2.75) is 25.3 Å². The highest BCUT2D eigenvalue weighted by atomic mass is 79.9. The number of aromatic nitrogens is 2. The summed E-state index contributed by atoms with van der Waals surface area (Å²) in [6.45, 7) is 0.978. The van der Waals surface area contributed by atoms with Crippen LogP contribution in [0.15, 0.2) is 22.7 Å². The van der Waals surface area contributed by atoms with Crippen molar-refractivity contribution in [1.29, 1.82) is 0 Å². The minimum atomic E-state index is 0.696. The minimum absolute atomic E-state index is 0.696. The Hall–Kier alpha value is -0.490. The molecule has 1 aromatic heterocycles.